The first-order valence-corrected chi connectivity index (χ1v) is 14.8. The first-order valence-electron chi connectivity index (χ1n) is 13.0. The minimum Gasteiger partial charge on any atom is -0.455 e. The molecule has 1 aliphatic rings. The number of sulfonamides is 1. The Balaban J connectivity index is 1.63. The Morgan fingerprint density at radius 1 is 1.12 bits per heavy atom. The highest BCUT2D eigenvalue weighted by Crippen LogP contribution is 2.48. The largest absolute Gasteiger partial charge is 0.488 e. The second-order valence-electron chi connectivity index (χ2n) is 10.3. The molecule has 1 atom stereocenters. The van der Waals surface area contributed by atoms with Gasteiger partial charge in [0.05, 0.1) is 17.5 Å². The van der Waals surface area contributed by atoms with Crippen molar-refractivity contribution < 1.29 is 32.1 Å². The third-order valence-electron chi connectivity index (χ3n) is 7.33. The molecule has 0 radical (unpaired) electrons. The maximum Gasteiger partial charge on any atom is 0.488 e. The van der Waals surface area contributed by atoms with Crippen LogP contribution in [-0.4, -0.2) is 51.3 Å². The number of fused-ring (bicyclic) bond motifs is 1. The highest BCUT2D eigenvalue weighted by atomic mass is 32.2. The van der Waals surface area contributed by atoms with Crippen molar-refractivity contribution in [2.45, 2.75) is 31.6 Å². The van der Waals surface area contributed by atoms with Crippen molar-refractivity contribution in [3.8, 4) is 11.3 Å². The van der Waals surface area contributed by atoms with Crippen molar-refractivity contribution in [2.24, 2.45) is 0 Å². The van der Waals surface area contributed by atoms with Crippen LogP contribution in [0.25, 0.3) is 22.3 Å². The van der Waals surface area contributed by atoms with Crippen LogP contribution < -0.4 is 15.1 Å². The quantitative estimate of drug-likeness (QED) is 0.267. The van der Waals surface area contributed by atoms with E-state index >= 15 is 0 Å². The number of amides is 1. The molecule has 8 nitrogen and oxygen atoms in total. The molecule has 3 N–H and O–H groups in total. The van der Waals surface area contributed by atoms with Gasteiger partial charge in [0, 0.05) is 30.6 Å². The number of nitrogens with zero attached hydrogens (tertiary/aromatic N) is 1. The molecule has 11 heteroatoms. The van der Waals surface area contributed by atoms with Crippen LogP contribution in [0.15, 0.2) is 65.1 Å². The van der Waals surface area contributed by atoms with E-state index in [0.717, 1.165) is 30.2 Å². The fraction of sp³-hybridized carbons (Fsp3) is 0.276. The molecule has 208 valence electrons. The zero-order chi connectivity index (χ0) is 28.8. The molecule has 1 unspecified atom stereocenters. The average molecular weight is 564 g/mol. The SMILES string of the molecule is CNC(=O)c1c(-c2ccc(F)cc2)oc2cc(N(CC(C)c3ccc(B(O)O)cc3)S(C)(=O)=O)c(C3CC3)cc12. The lowest BCUT2D eigenvalue weighted by molar-refractivity contribution is 0.0964. The lowest BCUT2D eigenvalue weighted by Crippen LogP contribution is -2.34. The summed E-state index contributed by atoms with van der Waals surface area (Å²) in [7, 11) is -3.80. The Labute approximate surface area is 232 Å². The summed E-state index contributed by atoms with van der Waals surface area (Å²) in [5.74, 6) is -0.586. The third-order valence-corrected chi connectivity index (χ3v) is 8.47. The molecular weight excluding hydrogens is 534 g/mol. The van der Waals surface area contributed by atoms with Crippen LogP contribution in [-0.2, 0) is 10.0 Å². The van der Waals surface area contributed by atoms with Gasteiger partial charge in [0.2, 0.25) is 10.0 Å². The van der Waals surface area contributed by atoms with E-state index in [1.807, 2.05) is 13.0 Å². The average Bonchev–Trinajstić information content (AvgIpc) is 3.70. The van der Waals surface area contributed by atoms with Crippen LogP contribution in [0, 0.1) is 5.82 Å². The van der Waals surface area contributed by atoms with Crippen LogP contribution in [0.3, 0.4) is 0 Å². The Hall–Kier alpha value is -3.67. The number of nitrogens with one attached hydrogen (secondary N) is 1. The Morgan fingerprint density at radius 3 is 2.33 bits per heavy atom. The molecule has 1 fully saturated rings. The van der Waals surface area contributed by atoms with Gasteiger partial charge >= 0.3 is 7.12 Å². The molecule has 1 aromatic heterocycles. The summed E-state index contributed by atoms with van der Waals surface area (Å²) in [4.78, 5) is 13.0. The van der Waals surface area contributed by atoms with Crippen LogP contribution in [0.2, 0.25) is 0 Å². The second-order valence-corrected chi connectivity index (χ2v) is 12.2. The van der Waals surface area contributed by atoms with Gasteiger partial charge in [-0.15, -0.1) is 0 Å². The summed E-state index contributed by atoms with van der Waals surface area (Å²) in [6.45, 7) is 2.04. The van der Waals surface area contributed by atoms with Gasteiger partial charge in [-0.3, -0.25) is 9.10 Å². The maximum absolute atomic E-state index is 13.6. The zero-order valence-electron chi connectivity index (χ0n) is 22.4. The van der Waals surface area contributed by atoms with Crippen molar-refractivity contribution in [3.05, 3.63) is 83.2 Å². The summed E-state index contributed by atoms with van der Waals surface area (Å²) < 4.78 is 47.5. The maximum atomic E-state index is 13.6. The van der Waals surface area contributed by atoms with E-state index in [0.29, 0.717) is 33.2 Å². The normalized spacial score (nSPS) is 14.2. The summed E-state index contributed by atoms with van der Waals surface area (Å²) in [6.07, 6.45) is 2.96. The zero-order valence-corrected chi connectivity index (χ0v) is 23.2. The van der Waals surface area contributed by atoms with Gasteiger partial charge in [0.25, 0.3) is 5.91 Å². The highest BCUT2D eigenvalue weighted by Gasteiger charge is 2.33. The summed E-state index contributed by atoms with van der Waals surface area (Å²) >= 11 is 0. The molecule has 40 heavy (non-hydrogen) atoms. The first-order chi connectivity index (χ1) is 19.0. The number of halogens is 1. The molecule has 1 amide bonds. The predicted molar refractivity (Wildman–Crippen MR) is 154 cm³/mol. The van der Waals surface area contributed by atoms with Gasteiger partial charge < -0.3 is 19.8 Å². The van der Waals surface area contributed by atoms with E-state index in [1.54, 1.807) is 30.3 Å². The lowest BCUT2D eigenvalue weighted by Gasteiger charge is -2.28. The molecule has 3 aromatic carbocycles. The number of rotatable bonds is 9. The van der Waals surface area contributed by atoms with E-state index in [2.05, 4.69) is 5.32 Å². The molecule has 5 rings (SSSR count). The van der Waals surface area contributed by atoms with Gasteiger partial charge in [-0.1, -0.05) is 31.2 Å². The van der Waals surface area contributed by atoms with Crippen LogP contribution in [0.4, 0.5) is 10.1 Å². The fourth-order valence-electron chi connectivity index (χ4n) is 5.00. The number of carbonyl (C=O) groups excluding carboxylic acids is 1. The van der Waals surface area contributed by atoms with Crippen molar-refractivity contribution in [1.82, 2.24) is 5.32 Å². The number of carbonyl (C=O) groups is 1. The van der Waals surface area contributed by atoms with Crippen molar-refractivity contribution in [3.63, 3.8) is 0 Å². The Kier molecular flexibility index (Phi) is 7.47. The van der Waals surface area contributed by atoms with E-state index in [1.165, 1.54) is 35.6 Å². The van der Waals surface area contributed by atoms with Crippen LogP contribution in [0.1, 0.15) is 53.1 Å². The summed E-state index contributed by atoms with van der Waals surface area (Å²) in [5.41, 5.74) is 3.68. The molecule has 1 aliphatic carbocycles. The highest BCUT2D eigenvalue weighted by molar-refractivity contribution is 7.92. The number of benzene rings is 3. The standard InChI is InChI=1S/C29H30BFN2O6S/c1-17(18-6-10-21(11-7-18)30(35)36)16-33(40(3,37)38)25-15-26-24(14-23(25)19-4-5-19)27(29(34)32-2)28(39-26)20-8-12-22(31)13-9-20/h6-15,17,19,35-36H,4-5,16H2,1-3H3,(H,32,34). The van der Waals surface area contributed by atoms with Crippen molar-refractivity contribution >= 4 is 45.2 Å². The predicted octanol–water partition coefficient (Wildman–Crippen LogP) is 3.73. The fourth-order valence-corrected chi connectivity index (χ4v) is 6.01. The van der Waals surface area contributed by atoms with E-state index in [4.69, 9.17) is 4.42 Å². The first kappa shape index (κ1) is 27.9. The van der Waals surface area contributed by atoms with Gasteiger partial charge in [0.15, 0.2) is 0 Å². The molecule has 1 saturated carbocycles. The summed E-state index contributed by atoms with van der Waals surface area (Å²) in [5, 5.41) is 22.0. The number of furan rings is 1. The minimum atomic E-state index is -3.73. The lowest BCUT2D eigenvalue weighted by atomic mass is 9.79. The number of hydrogen-bond donors (Lipinski definition) is 3. The molecular formula is C29H30BFN2O6S. The molecule has 0 aliphatic heterocycles. The molecule has 0 spiro atoms. The molecule has 0 bridgehead atoms. The van der Waals surface area contributed by atoms with E-state index < -0.39 is 23.0 Å². The van der Waals surface area contributed by atoms with E-state index in [9.17, 15) is 27.7 Å². The monoisotopic (exact) mass is 564 g/mol. The number of anilines is 1. The molecule has 4 aromatic rings. The molecule has 0 saturated heterocycles. The number of hydrogen-bond acceptors (Lipinski definition) is 6. The summed E-state index contributed by atoms with van der Waals surface area (Å²) in [6, 6.07) is 15.9. The Bertz CT molecular complexity index is 1670. The third kappa shape index (κ3) is 5.49. The minimum absolute atomic E-state index is 0.138. The van der Waals surface area contributed by atoms with Crippen LogP contribution >= 0.6 is 0 Å². The van der Waals surface area contributed by atoms with Crippen molar-refractivity contribution in [1.29, 1.82) is 0 Å². The smallest absolute Gasteiger partial charge is 0.455 e. The second kappa shape index (κ2) is 10.7. The van der Waals surface area contributed by atoms with Gasteiger partial charge in [-0.25, -0.2) is 12.8 Å². The van der Waals surface area contributed by atoms with Gasteiger partial charge in [0.1, 0.15) is 17.2 Å². The van der Waals surface area contributed by atoms with Gasteiger partial charge in [-0.05, 0) is 71.6 Å². The van der Waals surface area contributed by atoms with Crippen molar-refractivity contribution in [2.75, 3.05) is 24.2 Å². The molecule has 1 heterocycles. The van der Waals surface area contributed by atoms with Gasteiger partial charge in [-0.2, -0.15) is 0 Å². The van der Waals surface area contributed by atoms with E-state index in [-0.39, 0.29) is 30.0 Å². The van der Waals surface area contributed by atoms with Crippen LogP contribution in [0.5, 0.6) is 0 Å². The topological polar surface area (TPSA) is 120 Å². The Morgan fingerprint density at radius 2 is 1.77 bits per heavy atom.